The van der Waals surface area contributed by atoms with Crippen molar-refractivity contribution in [3.05, 3.63) is 24.2 Å². The van der Waals surface area contributed by atoms with Crippen LogP contribution in [0.2, 0.25) is 0 Å². The van der Waals surface area contributed by atoms with Crippen LogP contribution in [0.25, 0.3) is 0 Å². The minimum Gasteiger partial charge on any atom is -0.472 e. The third kappa shape index (κ3) is 2.87. The third-order valence-electron chi connectivity index (χ3n) is 4.93. The van der Waals surface area contributed by atoms with Gasteiger partial charge in [0.2, 0.25) is 0 Å². The van der Waals surface area contributed by atoms with Crippen LogP contribution in [0.5, 0.6) is 0 Å². The van der Waals surface area contributed by atoms with E-state index >= 15 is 0 Å². The molecule has 0 radical (unpaired) electrons. The lowest BCUT2D eigenvalue weighted by Crippen LogP contribution is -2.43. The van der Waals surface area contributed by atoms with Crippen molar-refractivity contribution in [1.29, 1.82) is 0 Å². The Morgan fingerprint density at radius 2 is 2.16 bits per heavy atom. The summed E-state index contributed by atoms with van der Waals surface area (Å²) in [6, 6.07) is 2.06. The van der Waals surface area contributed by atoms with Crippen molar-refractivity contribution < 1.29 is 9.15 Å². The molecule has 0 amide bonds. The molecule has 0 bridgehead atoms. The number of hydrogen-bond donors (Lipinski definition) is 0. The number of nitrogens with zero attached hydrogens (tertiary/aromatic N) is 1. The zero-order valence-electron chi connectivity index (χ0n) is 12.1. The van der Waals surface area contributed by atoms with Gasteiger partial charge >= 0.3 is 0 Å². The minimum atomic E-state index is 0.196. The number of likely N-dealkylation sites (tertiary alicyclic amines) is 1. The molecule has 0 saturated carbocycles. The largest absolute Gasteiger partial charge is 0.472 e. The van der Waals surface area contributed by atoms with E-state index in [1.54, 1.807) is 6.26 Å². The number of rotatable bonds is 3. The smallest absolute Gasteiger partial charge is 0.0947 e. The molecule has 3 heterocycles. The van der Waals surface area contributed by atoms with Crippen molar-refractivity contribution >= 4 is 0 Å². The first kappa shape index (κ1) is 13.2. The maximum atomic E-state index is 6.19. The van der Waals surface area contributed by atoms with Crippen LogP contribution in [0, 0.1) is 11.8 Å². The van der Waals surface area contributed by atoms with Crippen LogP contribution >= 0.6 is 0 Å². The molecule has 1 spiro atoms. The van der Waals surface area contributed by atoms with Gasteiger partial charge < -0.3 is 9.15 Å². The zero-order chi connectivity index (χ0) is 13.3. The molecule has 3 heteroatoms. The van der Waals surface area contributed by atoms with Crippen LogP contribution in [0.4, 0.5) is 0 Å². The van der Waals surface area contributed by atoms with Crippen LogP contribution in [0.15, 0.2) is 23.0 Å². The monoisotopic (exact) mass is 263 g/mol. The van der Waals surface area contributed by atoms with Gasteiger partial charge in [0.05, 0.1) is 24.7 Å². The minimum absolute atomic E-state index is 0.196. The third-order valence-corrected chi connectivity index (χ3v) is 4.93. The normalized spacial score (nSPS) is 27.4. The molecule has 0 aromatic carbocycles. The summed E-state index contributed by atoms with van der Waals surface area (Å²) in [6.07, 6.45) is 7.26. The Kier molecular flexibility index (Phi) is 3.68. The lowest BCUT2D eigenvalue weighted by atomic mass is 9.82. The lowest BCUT2D eigenvalue weighted by molar-refractivity contribution is -0.0452. The summed E-state index contributed by atoms with van der Waals surface area (Å²) in [5.41, 5.74) is 1.48. The standard InChI is InChI=1S/C16H25NO2/c1-13(2)15-9-16(19-12-15)4-6-17(7-5-16)10-14-3-8-18-11-14/h3,8,11,13,15H,4-7,9-10,12H2,1-2H3. The Morgan fingerprint density at radius 1 is 1.37 bits per heavy atom. The Morgan fingerprint density at radius 3 is 2.74 bits per heavy atom. The van der Waals surface area contributed by atoms with Crippen molar-refractivity contribution in [2.75, 3.05) is 19.7 Å². The van der Waals surface area contributed by atoms with Crippen LogP contribution < -0.4 is 0 Å². The van der Waals surface area contributed by atoms with Gasteiger partial charge in [0, 0.05) is 25.2 Å². The first-order valence-electron chi connectivity index (χ1n) is 7.54. The average Bonchev–Trinajstić information content (AvgIpc) is 3.03. The molecule has 1 atom stereocenters. The molecule has 0 N–H and O–H groups in total. The van der Waals surface area contributed by atoms with E-state index in [9.17, 15) is 0 Å². The molecule has 2 fully saturated rings. The lowest BCUT2D eigenvalue weighted by Gasteiger charge is -2.38. The summed E-state index contributed by atoms with van der Waals surface area (Å²) in [5, 5.41) is 0. The molecule has 1 aromatic heterocycles. The van der Waals surface area contributed by atoms with Crippen LogP contribution in [-0.2, 0) is 11.3 Å². The highest BCUT2D eigenvalue weighted by Crippen LogP contribution is 2.41. The average molecular weight is 263 g/mol. The summed E-state index contributed by atoms with van der Waals surface area (Å²) >= 11 is 0. The van der Waals surface area contributed by atoms with Gasteiger partial charge in [-0.3, -0.25) is 4.90 Å². The van der Waals surface area contributed by atoms with Gasteiger partial charge in [0.1, 0.15) is 0 Å². The molecule has 2 aliphatic heterocycles. The maximum Gasteiger partial charge on any atom is 0.0947 e. The number of ether oxygens (including phenoxy) is 1. The van der Waals surface area contributed by atoms with E-state index in [-0.39, 0.29) is 5.60 Å². The number of piperidine rings is 1. The van der Waals surface area contributed by atoms with Gasteiger partial charge in [0.25, 0.3) is 0 Å². The summed E-state index contributed by atoms with van der Waals surface area (Å²) in [7, 11) is 0. The quantitative estimate of drug-likeness (QED) is 0.836. The SMILES string of the molecule is CC(C)C1COC2(CCN(Cc3ccoc3)CC2)C1. The second-order valence-electron chi connectivity index (χ2n) is 6.61. The van der Waals surface area contributed by atoms with Crippen molar-refractivity contribution in [2.24, 2.45) is 11.8 Å². The molecular weight excluding hydrogens is 238 g/mol. The highest BCUT2D eigenvalue weighted by molar-refractivity contribution is 5.05. The Hall–Kier alpha value is -0.800. The molecule has 2 aliphatic rings. The first-order valence-corrected chi connectivity index (χ1v) is 7.54. The fourth-order valence-electron chi connectivity index (χ4n) is 3.42. The number of hydrogen-bond acceptors (Lipinski definition) is 3. The highest BCUT2D eigenvalue weighted by atomic mass is 16.5. The van der Waals surface area contributed by atoms with Crippen LogP contribution in [-0.4, -0.2) is 30.2 Å². The van der Waals surface area contributed by atoms with E-state index in [4.69, 9.17) is 9.15 Å². The predicted molar refractivity (Wildman–Crippen MR) is 74.8 cm³/mol. The topological polar surface area (TPSA) is 25.6 Å². The van der Waals surface area contributed by atoms with Crippen molar-refractivity contribution in [2.45, 2.75) is 45.3 Å². The second kappa shape index (κ2) is 5.29. The van der Waals surface area contributed by atoms with E-state index in [2.05, 4.69) is 24.8 Å². The maximum absolute atomic E-state index is 6.19. The fraction of sp³-hybridized carbons (Fsp3) is 0.750. The zero-order valence-corrected chi connectivity index (χ0v) is 12.1. The van der Waals surface area contributed by atoms with Gasteiger partial charge in [-0.2, -0.15) is 0 Å². The summed E-state index contributed by atoms with van der Waals surface area (Å²) < 4.78 is 11.3. The van der Waals surface area contributed by atoms with Gasteiger partial charge in [-0.25, -0.2) is 0 Å². The van der Waals surface area contributed by atoms with Gasteiger partial charge in [-0.15, -0.1) is 0 Å². The molecule has 3 nitrogen and oxygen atoms in total. The van der Waals surface area contributed by atoms with E-state index in [0.29, 0.717) is 0 Å². The molecule has 106 valence electrons. The van der Waals surface area contributed by atoms with E-state index in [1.165, 1.54) is 24.8 Å². The second-order valence-corrected chi connectivity index (χ2v) is 6.61. The Bertz CT molecular complexity index is 391. The van der Waals surface area contributed by atoms with Crippen molar-refractivity contribution in [1.82, 2.24) is 4.90 Å². The Balaban J connectivity index is 1.52. The summed E-state index contributed by atoms with van der Waals surface area (Å²) in [4.78, 5) is 2.52. The highest BCUT2D eigenvalue weighted by Gasteiger charge is 2.43. The van der Waals surface area contributed by atoms with E-state index in [0.717, 1.165) is 38.1 Å². The van der Waals surface area contributed by atoms with Crippen LogP contribution in [0.1, 0.15) is 38.7 Å². The Labute approximate surface area is 115 Å². The fourth-order valence-corrected chi connectivity index (χ4v) is 3.42. The van der Waals surface area contributed by atoms with Gasteiger partial charge in [0.15, 0.2) is 0 Å². The first-order chi connectivity index (χ1) is 9.17. The molecular formula is C16H25NO2. The van der Waals surface area contributed by atoms with Crippen molar-refractivity contribution in [3.63, 3.8) is 0 Å². The van der Waals surface area contributed by atoms with E-state index in [1.807, 2.05) is 6.26 Å². The molecule has 1 aromatic rings. The van der Waals surface area contributed by atoms with Gasteiger partial charge in [-0.05, 0) is 37.2 Å². The molecule has 0 aliphatic carbocycles. The van der Waals surface area contributed by atoms with E-state index < -0.39 is 0 Å². The molecule has 19 heavy (non-hydrogen) atoms. The molecule has 2 saturated heterocycles. The molecule has 1 unspecified atom stereocenters. The van der Waals surface area contributed by atoms with Crippen LogP contribution in [0.3, 0.4) is 0 Å². The summed E-state index contributed by atoms with van der Waals surface area (Å²) in [6.45, 7) is 8.92. The molecule has 3 rings (SSSR count). The van der Waals surface area contributed by atoms with Gasteiger partial charge in [-0.1, -0.05) is 13.8 Å². The summed E-state index contributed by atoms with van der Waals surface area (Å²) in [5.74, 6) is 1.52. The number of furan rings is 1. The van der Waals surface area contributed by atoms with Crippen molar-refractivity contribution in [3.8, 4) is 0 Å². The predicted octanol–water partition coefficient (Wildman–Crippen LogP) is 3.31.